The van der Waals surface area contributed by atoms with E-state index in [2.05, 4.69) is 5.32 Å². The number of amides is 2. The molecule has 0 saturated carbocycles. The van der Waals surface area contributed by atoms with Crippen molar-refractivity contribution in [3.05, 3.63) is 29.8 Å². The average Bonchev–Trinajstić information content (AvgIpc) is 2.48. The number of carbonyl (C=O) groups excluding carboxylic acids is 2. The molecule has 6 heteroatoms. The summed E-state index contributed by atoms with van der Waals surface area (Å²) in [5.74, 6) is 0.147. The van der Waals surface area contributed by atoms with Gasteiger partial charge in [0.25, 0.3) is 0 Å². The summed E-state index contributed by atoms with van der Waals surface area (Å²) in [5, 5.41) is 3.25. The van der Waals surface area contributed by atoms with Crippen molar-refractivity contribution in [1.82, 2.24) is 10.2 Å². The first-order valence-electron chi connectivity index (χ1n) is 7.11. The zero-order chi connectivity index (χ0) is 15.2. The van der Waals surface area contributed by atoms with Gasteiger partial charge in [0.2, 0.25) is 11.8 Å². The summed E-state index contributed by atoms with van der Waals surface area (Å²) in [5.41, 5.74) is 5.61. The molecule has 1 aliphatic heterocycles. The normalized spacial score (nSPS) is 18.3. The summed E-state index contributed by atoms with van der Waals surface area (Å²) in [6.45, 7) is 4.71. The van der Waals surface area contributed by atoms with E-state index < -0.39 is 5.91 Å². The number of rotatable bonds is 5. The molecule has 1 fully saturated rings. The monoisotopic (exact) mass is 291 g/mol. The molecule has 6 nitrogen and oxygen atoms in total. The number of nitrogens with zero attached hydrogens (tertiary/aromatic N) is 1. The molecule has 21 heavy (non-hydrogen) atoms. The molecule has 2 rings (SSSR count). The molecule has 114 valence electrons. The van der Waals surface area contributed by atoms with E-state index in [1.165, 1.54) is 0 Å². The summed E-state index contributed by atoms with van der Waals surface area (Å²) in [6, 6.07) is 6.87. The van der Waals surface area contributed by atoms with Crippen LogP contribution in [0.2, 0.25) is 0 Å². The lowest BCUT2D eigenvalue weighted by molar-refractivity contribution is -0.134. The molecular formula is C15H21N3O3. The molecule has 1 aromatic rings. The molecule has 0 unspecified atom stereocenters. The van der Waals surface area contributed by atoms with Crippen LogP contribution in [0.5, 0.6) is 5.75 Å². The average molecular weight is 291 g/mol. The Balaban J connectivity index is 1.82. The highest BCUT2D eigenvalue weighted by atomic mass is 16.5. The molecule has 0 bridgehead atoms. The largest absolute Gasteiger partial charge is 0.493 e. The fraction of sp³-hybridized carbons (Fsp3) is 0.467. The highest BCUT2D eigenvalue weighted by molar-refractivity contribution is 5.93. The first-order valence-corrected chi connectivity index (χ1v) is 7.11. The van der Waals surface area contributed by atoms with Gasteiger partial charge in [-0.1, -0.05) is 6.07 Å². The van der Waals surface area contributed by atoms with E-state index in [0.29, 0.717) is 17.7 Å². The van der Waals surface area contributed by atoms with Crippen molar-refractivity contribution >= 4 is 11.8 Å². The van der Waals surface area contributed by atoms with Crippen LogP contribution in [0.15, 0.2) is 24.3 Å². The summed E-state index contributed by atoms with van der Waals surface area (Å²) >= 11 is 0. The third-order valence-corrected chi connectivity index (χ3v) is 3.52. The van der Waals surface area contributed by atoms with Crippen molar-refractivity contribution in [3.63, 3.8) is 0 Å². The summed E-state index contributed by atoms with van der Waals surface area (Å²) < 4.78 is 5.52. The Morgan fingerprint density at radius 2 is 2.29 bits per heavy atom. The Morgan fingerprint density at radius 3 is 3.00 bits per heavy atom. The highest BCUT2D eigenvalue weighted by Crippen LogP contribution is 2.13. The molecule has 1 aliphatic rings. The number of hydrogen-bond acceptors (Lipinski definition) is 4. The summed E-state index contributed by atoms with van der Waals surface area (Å²) in [7, 11) is 0. The molecule has 1 atom stereocenters. The van der Waals surface area contributed by atoms with Gasteiger partial charge in [0.15, 0.2) is 0 Å². The van der Waals surface area contributed by atoms with E-state index in [1.807, 2.05) is 11.8 Å². The van der Waals surface area contributed by atoms with Gasteiger partial charge in [0, 0.05) is 31.2 Å². The molecule has 3 N–H and O–H groups in total. The molecule has 1 heterocycles. The van der Waals surface area contributed by atoms with Gasteiger partial charge in [-0.05, 0) is 25.1 Å². The van der Waals surface area contributed by atoms with Crippen LogP contribution < -0.4 is 15.8 Å². The van der Waals surface area contributed by atoms with Crippen molar-refractivity contribution in [2.45, 2.75) is 19.4 Å². The minimum Gasteiger partial charge on any atom is -0.493 e. The van der Waals surface area contributed by atoms with Crippen LogP contribution >= 0.6 is 0 Å². The van der Waals surface area contributed by atoms with E-state index in [9.17, 15) is 9.59 Å². The number of carbonyl (C=O) groups is 2. The Labute approximate surface area is 124 Å². The summed E-state index contributed by atoms with van der Waals surface area (Å²) in [6.07, 6.45) is 0.325. The predicted molar refractivity (Wildman–Crippen MR) is 79.1 cm³/mol. The quantitative estimate of drug-likeness (QED) is 0.821. The number of piperazine rings is 1. The van der Waals surface area contributed by atoms with Gasteiger partial charge in [0.1, 0.15) is 5.75 Å². The van der Waals surface area contributed by atoms with Crippen LogP contribution in [0.4, 0.5) is 0 Å². The zero-order valence-electron chi connectivity index (χ0n) is 12.2. The second-order valence-electron chi connectivity index (χ2n) is 5.13. The van der Waals surface area contributed by atoms with Crippen LogP contribution in [0, 0.1) is 0 Å². The second-order valence-corrected chi connectivity index (χ2v) is 5.13. The lowest BCUT2D eigenvalue weighted by Gasteiger charge is -2.34. The predicted octanol–water partition coefficient (Wildman–Crippen LogP) is 0.375. The second kappa shape index (κ2) is 7.08. The first kappa shape index (κ1) is 15.3. The van der Waals surface area contributed by atoms with E-state index in [0.717, 1.165) is 19.6 Å². The van der Waals surface area contributed by atoms with Crippen LogP contribution in [-0.4, -0.2) is 49.0 Å². The number of nitrogens with one attached hydrogen (secondary N) is 1. The number of benzene rings is 1. The van der Waals surface area contributed by atoms with Gasteiger partial charge in [-0.25, -0.2) is 0 Å². The van der Waals surface area contributed by atoms with E-state index >= 15 is 0 Å². The number of ether oxygens (including phenoxy) is 1. The van der Waals surface area contributed by atoms with Gasteiger partial charge < -0.3 is 20.7 Å². The van der Waals surface area contributed by atoms with Gasteiger partial charge >= 0.3 is 0 Å². The molecular weight excluding hydrogens is 270 g/mol. The van der Waals surface area contributed by atoms with E-state index in [4.69, 9.17) is 10.5 Å². The van der Waals surface area contributed by atoms with Crippen molar-refractivity contribution < 1.29 is 14.3 Å². The zero-order valence-corrected chi connectivity index (χ0v) is 12.2. The molecule has 2 amide bonds. The third kappa shape index (κ3) is 4.19. The smallest absolute Gasteiger partial charge is 0.248 e. The number of hydrogen-bond donors (Lipinski definition) is 2. The Hall–Kier alpha value is -2.08. The Morgan fingerprint density at radius 1 is 1.48 bits per heavy atom. The van der Waals surface area contributed by atoms with Crippen LogP contribution in [0.1, 0.15) is 23.7 Å². The molecule has 0 radical (unpaired) electrons. The molecule has 1 aromatic carbocycles. The molecule has 0 spiro atoms. The van der Waals surface area contributed by atoms with Crippen molar-refractivity contribution in [3.8, 4) is 5.75 Å². The Bertz CT molecular complexity index is 519. The van der Waals surface area contributed by atoms with Gasteiger partial charge in [0.05, 0.1) is 13.0 Å². The van der Waals surface area contributed by atoms with Crippen LogP contribution in [-0.2, 0) is 4.79 Å². The number of primary amides is 1. The molecule has 0 aliphatic carbocycles. The molecule has 1 saturated heterocycles. The van der Waals surface area contributed by atoms with Gasteiger partial charge in [-0.3, -0.25) is 9.59 Å². The lowest BCUT2D eigenvalue weighted by atomic mass is 10.2. The maximum atomic E-state index is 12.1. The van der Waals surface area contributed by atoms with Gasteiger partial charge in [-0.2, -0.15) is 0 Å². The van der Waals surface area contributed by atoms with Crippen molar-refractivity contribution in [2.24, 2.45) is 5.73 Å². The van der Waals surface area contributed by atoms with E-state index in [1.54, 1.807) is 24.3 Å². The summed E-state index contributed by atoms with van der Waals surface area (Å²) in [4.78, 5) is 25.1. The van der Waals surface area contributed by atoms with Crippen molar-refractivity contribution in [2.75, 3.05) is 26.2 Å². The topological polar surface area (TPSA) is 84.7 Å². The van der Waals surface area contributed by atoms with E-state index in [-0.39, 0.29) is 18.6 Å². The Kier molecular flexibility index (Phi) is 5.16. The minimum atomic E-state index is -0.494. The fourth-order valence-electron chi connectivity index (χ4n) is 2.35. The lowest BCUT2D eigenvalue weighted by Crippen LogP contribution is -2.52. The first-order chi connectivity index (χ1) is 10.1. The third-order valence-electron chi connectivity index (χ3n) is 3.52. The fourth-order valence-corrected chi connectivity index (χ4v) is 2.35. The highest BCUT2D eigenvalue weighted by Gasteiger charge is 2.22. The van der Waals surface area contributed by atoms with Gasteiger partial charge in [-0.15, -0.1) is 0 Å². The SMILES string of the molecule is C[C@H]1CNCCN1C(=O)CCOc1cccc(C(N)=O)c1. The maximum absolute atomic E-state index is 12.1. The van der Waals surface area contributed by atoms with Crippen molar-refractivity contribution in [1.29, 1.82) is 0 Å². The number of nitrogens with two attached hydrogens (primary N) is 1. The van der Waals surface area contributed by atoms with Crippen LogP contribution in [0.3, 0.4) is 0 Å². The standard InChI is InChI=1S/C15H21N3O3/c1-11-10-17-6-7-18(11)14(19)5-8-21-13-4-2-3-12(9-13)15(16)20/h2-4,9,11,17H,5-8,10H2,1H3,(H2,16,20)/t11-/m0/s1. The minimum absolute atomic E-state index is 0.0926. The van der Waals surface area contributed by atoms with Crippen LogP contribution in [0.25, 0.3) is 0 Å². The maximum Gasteiger partial charge on any atom is 0.248 e. The molecule has 0 aromatic heterocycles.